The number of primary amides is 1. The fourth-order valence-electron chi connectivity index (χ4n) is 3.25. The Morgan fingerprint density at radius 1 is 0.862 bits per heavy atom. The van der Waals surface area contributed by atoms with Gasteiger partial charge >= 0.3 is 0 Å². The zero-order valence-electron chi connectivity index (χ0n) is 16.0. The number of nitrogens with zero attached hydrogens (tertiary/aromatic N) is 1. The smallest absolute Gasteiger partial charge is 0.261 e. The molecule has 0 fully saturated rings. The number of carbonyl (C=O) groups excluding carboxylic acids is 4. The van der Waals surface area contributed by atoms with Gasteiger partial charge in [0, 0.05) is 25.1 Å². The molecule has 0 atom stereocenters. The Kier molecular flexibility index (Phi) is 6.39. The van der Waals surface area contributed by atoms with Crippen LogP contribution in [0.4, 0.5) is 0 Å². The van der Waals surface area contributed by atoms with Crippen molar-refractivity contribution in [3.63, 3.8) is 0 Å². The highest BCUT2D eigenvalue weighted by molar-refractivity contribution is 6.21. The highest BCUT2D eigenvalue weighted by Gasteiger charge is 2.34. The third kappa shape index (κ3) is 4.87. The topological polar surface area (TPSA) is 110 Å². The van der Waals surface area contributed by atoms with Gasteiger partial charge in [-0.3, -0.25) is 24.1 Å². The minimum absolute atomic E-state index is 0.0651. The number of fused-ring (bicyclic) bond motifs is 1. The Balaban J connectivity index is 1.34. The van der Waals surface area contributed by atoms with E-state index in [-0.39, 0.29) is 17.7 Å². The Labute approximate surface area is 168 Å². The van der Waals surface area contributed by atoms with E-state index in [1.165, 1.54) is 4.90 Å². The van der Waals surface area contributed by atoms with E-state index >= 15 is 0 Å². The predicted octanol–water partition coefficient (Wildman–Crippen LogP) is 2.26. The molecule has 2 aromatic carbocycles. The first-order valence-electron chi connectivity index (χ1n) is 9.58. The van der Waals surface area contributed by atoms with Crippen molar-refractivity contribution >= 4 is 23.6 Å². The maximum absolute atomic E-state index is 12.3. The van der Waals surface area contributed by atoms with Crippen LogP contribution in [0.1, 0.15) is 62.3 Å². The average molecular weight is 393 g/mol. The van der Waals surface area contributed by atoms with Gasteiger partial charge in [0.15, 0.2) is 0 Å². The first-order chi connectivity index (χ1) is 14.0. The van der Waals surface area contributed by atoms with E-state index < -0.39 is 5.91 Å². The summed E-state index contributed by atoms with van der Waals surface area (Å²) in [5.74, 6) is -1.04. The second-order valence-electron chi connectivity index (χ2n) is 6.96. The lowest BCUT2D eigenvalue weighted by Crippen LogP contribution is -2.30. The Bertz CT molecular complexity index is 902. The van der Waals surface area contributed by atoms with Gasteiger partial charge in [-0.25, -0.2) is 0 Å². The lowest BCUT2D eigenvalue weighted by molar-refractivity contribution is -0.121. The molecule has 0 saturated heterocycles. The molecule has 0 aliphatic carbocycles. The monoisotopic (exact) mass is 393 g/mol. The molecule has 4 amide bonds. The van der Waals surface area contributed by atoms with E-state index in [1.54, 1.807) is 48.5 Å². The van der Waals surface area contributed by atoms with Gasteiger partial charge in [-0.2, -0.15) is 0 Å². The number of carbonyl (C=O) groups is 4. The second kappa shape index (κ2) is 9.14. The van der Waals surface area contributed by atoms with Gasteiger partial charge < -0.3 is 11.1 Å². The summed E-state index contributed by atoms with van der Waals surface area (Å²) in [6.07, 6.45) is 2.46. The first kappa shape index (κ1) is 20.3. The largest absolute Gasteiger partial charge is 0.366 e. The van der Waals surface area contributed by atoms with Gasteiger partial charge in [0.2, 0.25) is 11.8 Å². The molecule has 7 heteroatoms. The summed E-state index contributed by atoms with van der Waals surface area (Å²) >= 11 is 0. The van der Waals surface area contributed by atoms with E-state index in [9.17, 15) is 19.2 Å². The maximum atomic E-state index is 12.3. The minimum Gasteiger partial charge on any atom is -0.366 e. The Hall–Kier alpha value is -3.48. The summed E-state index contributed by atoms with van der Waals surface area (Å²) in [4.78, 5) is 48.8. The molecule has 3 N–H and O–H groups in total. The molecule has 0 saturated carbocycles. The molecule has 3 rings (SSSR count). The fraction of sp³-hybridized carbons (Fsp3) is 0.273. The van der Waals surface area contributed by atoms with Crippen LogP contribution in [0.5, 0.6) is 0 Å². The number of imide groups is 1. The highest BCUT2D eigenvalue weighted by atomic mass is 16.2. The highest BCUT2D eigenvalue weighted by Crippen LogP contribution is 2.22. The van der Waals surface area contributed by atoms with Crippen LogP contribution in [-0.4, -0.2) is 35.1 Å². The third-order valence-electron chi connectivity index (χ3n) is 4.89. The zero-order chi connectivity index (χ0) is 20.8. The number of hydrogen-bond donors (Lipinski definition) is 2. The van der Waals surface area contributed by atoms with Crippen LogP contribution in [0.25, 0.3) is 0 Å². The molecule has 2 aromatic rings. The SMILES string of the molecule is NC(=O)c1ccc(CNC(=O)CCCCCN2C(=O)c3ccccc3C2=O)cc1. The van der Waals surface area contributed by atoms with E-state index in [0.29, 0.717) is 49.0 Å². The number of hydrogen-bond acceptors (Lipinski definition) is 4. The van der Waals surface area contributed by atoms with Gasteiger partial charge in [-0.1, -0.05) is 30.7 Å². The summed E-state index contributed by atoms with van der Waals surface area (Å²) in [6, 6.07) is 13.6. The van der Waals surface area contributed by atoms with Crippen LogP contribution in [0.2, 0.25) is 0 Å². The summed E-state index contributed by atoms with van der Waals surface area (Å²) in [7, 11) is 0. The molecule has 0 unspecified atom stereocenters. The van der Waals surface area contributed by atoms with Crippen LogP contribution in [0, 0.1) is 0 Å². The maximum Gasteiger partial charge on any atom is 0.261 e. The lowest BCUT2D eigenvalue weighted by atomic mass is 10.1. The minimum atomic E-state index is -0.484. The number of benzene rings is 2. The van der Waals surface area contributed by atoms with Crippen molar-refractivity contribution in [2.24, 2.45) is 5.73 Å². The van der Waals surface area contributed by atoms with Crippen LogP contribution < -0.4 is 11.1 Å². The van der Waals surface area contributed by atoms with Gasteiger partial charge in [0.05, 0.1) is 11.1 Å². The number of amides is 4. The van der Waals surface area contributed by atoms with Crippen molar-refractivity contribution in [1.29, 1.82) is 0 Å². The molecular weight excluding hydrogens is 370 g/mol. The molecule has 0 radical (unpaired) electrons. The van der Waals surface area contributed by atoms with Crippen molar-refractivity contribution in [2.45, 2.75) is 32.2 Å². The molecule has 0 aromatic heterocycles. The van der Waals surface area contributed by atoms with Crippen molar-refractivity contribution in [3.05, 3.63) is 70.8 Å². The molecule has 0 spiro atoms. The van der Waals surface area contributed by atoms with Crippen LogP contribution in [0.3, 0.4) is 0 Å². The molecule has 7 nitrogen and oxygen atoms in total. The normalized spacial score (nSPS) is 12.8. The van der Waals surface area contributed by atoms with Crippen molar-refractivity contribution < 1.29 is 19.2 Å². The number of nitrogens with two attached hydrogens (primary N) is 1. The number of nitrogens with one attached hydrogen (secondary N) is 1. The van der Waals surface area contributed by atoms with Gasteiger partial charge in [0.1, 0.15) is 0 Å². The van der Waals surface area contributed by atoms with Gasteiger partial charge in [0.25, 0.3) is 11.8 Å². The summed E-state index contributed by atoms with van der Waals surface area (Å²) < 4.78 is 0. The Morgan fingerprint density at radius 3 is 2.07 bits per heavy atom. The van der Waals surface area contributed by atoms with Crippen molar-refractivity contribution in [1.82, 2.24) is 10.2 Å². The molecular formula is C22H23N3O4. The van der Waals surface area contributed by atoms with Crippen LogP contribution >= 0.6 is 0 Å². The summed E-state index contributed by atoms with van der Waals surface area (Å²) in [6.45, 7) is 0.743. The molecule has 29 heavy (non-hydrogen) atoms. The molecule has 1 aliphatic heterocycles. The predicted molar refractivity (Wildman–Crippen MR) is 107 cm³/mol. The molecule has 150 valence electrons. The number of unbranched alkanes of at least 4 members (excludes halogenated alkanes) is 2. The van der Waals surface area contributed by atoms with E-state index in [1.807, 2.05) is 0 Å². The van der Waals surface area contributed by atoms with E-state index in [4.69, 9.17) is 5.73 Å². The Morgan fingerprint density at radius 2 is 1.48 bits per heavy atom. The first-order valence-corrected chi connectivity index (χ1v) is 9.58. The molecule has 1 aliphatic rings. The third-order valence-corrected chi connectivity index (χ3v) is 4.89. The lowest BCUT2D eigenvalue weighted by Gasteiger charge is -2.13. The zero-order valence-corrected chi connectivity index (χ0v) is 16.0. The second-order valence-corrected chi connectivity index (χ2v) is 6.96. The van der Waals surface area contributed by atoms with Gasteiger partial charge in [-0.05, 0) is 42.7 Å². The standard InChI is InChI=1S/C22H23N3O4/c23-20(27)16-11-9-15(10-12-16)14-24-19(26)8-2-1-5-13-25-21(28)17-6-3-4-7-18(17)22(25)29/h3-4,6-7,9-12H,1-2,5,8,13-14H2,(H2,23,27)(H,24,26). The van der Waals surface area contributed by atoms with Crippen LogP contribution in [0.15, 0.2) is 48.5 Å². The molecule has 0 bridgehead atoms. The quantitative estimate of drug-likeness (QED) is 0.503. The van der Waals surface area contributed by atoms with E-state index in [2.05, 4.69) is 5.32 Å². The summed E-state index contributed by atoms with van der Waals surface area (Å²) in [5.41, 5.74) is 7.42. The number of rotatable bonds is 9. The van der Waals surface area contributed by atoms with Gasteiger partial charge in [-0.15, -0.1) is 0 Å². The van der Waals surface area contributed by atoms with Crippen LogP contribution in [-0.2, 0) is 11.3 Å². The van der Waals surface area contributed by atoms with Crippen molar-refractivity contribution in [2.75, 3.05) is 6.54 Å². The average Bonchev–Trinajstić information content (AvgIpc) is 2.97. The molecule has 1 heterocycles. The van der Waals surface area contributed by atoms with E-state index in [0.717, 1.165) is 12.0 Å². The van der Waals surface area contributed by atoms with Crippen molar-refractivity contribution in [3.8, 4) is 0 Å². The fourth-order valence-corrected chi connectivity index (χ4v) is 3.25. The summed E-state index contributed by atoms with van der Waals surface area (Å²) in [5, 5.41) is 2.83.